The number of hydrogen-bond acceptors (Lipinski definition) is 3. The van der Waals surface area contributed by atoms with Crippen molar-refractivity contribution in [3.05, 3.63) is 35.8 Å². The van der Waals surface area contributed by atoms with E-state index in [2.05, 4.69) is 4.98 Å². The van der Waals surface area contributed by atoms with Gasteiger partial charge in [-0.2, -0.15) is 0 Å². The van der Waals surface area contributed by atoms with E-state index in [9.17, 15) is 9.59 Å². The summed E-state index contributed by atoms with van der Waals surface area (Å²) in [7, 11) is 0. The molecule has 0 aliphatic carbocycles. The third-order valence-electron chi connectivity index (χ3n) is 1.88. The molecule has 0 saturated heterocycles. The Balaban J connectivity index is 0.00000112. The molecule has 2 heterocycles. The quantitative estimate of drug-likeness (QED) is 0.739. The largest absolute Gasteiger partial charge is 0.366 e. The second kappa shape index (κ2) is 3.91. The van der Waals surface area contributed by atoms with Crippen LogP contribution in [-0.2, 0) is 0 Å². The molecule has 0 atom stereocenters. The van der Waals surface area contributed by atoms with Crippen molar-refractivity contribution in [1.29, 1.82) is 0 Å². The van der Waals surface area contributed by atoms with E-state index in [0.717, 1.165) is 0 Å². The Labute approximate surface area is 86.5 Å². The van der Waals surface area contributed by atoms with Gasteiger partial charge in [0.15, 0.2) is 6.29 Å². The maximum absolute atomic E-state index is 10.8. The van der Waals surface area contributed by atoms with Crippen LogP contribution >= 0.6 is 0 Å². The van der Waals surface area contributed by atoms with E-state index in [-0.39, 0.29) is 7.43 Å². The number of rotatable bonds is 2. The van der Waals surface area contributed by atoms with Crippen LogP contribution in [0.4, 0.5) is 0 Å². The van der Waals surface area contributed by atoms with Gasteiger partial charge in [0.2, 0.25) is 5.91 Å². The number of imidazole rings is 1. The lowest BCUT2D eigenvalue weighted by molar-refractivity contribution is 0.1000. The molecule has 0 aliphatic rings. The van der Waals surface area contributed by atoms with E-state index < -0.39 is 5.91 Å². The minimum absolute atomic E-state index is 0. The Morgan fingerprint density at radius 3 is 2.87 bits per heavy atom. The predicted octanol–water partition coefficient (Wildman–Crippen LogP) is 0.882. The van der Waals surface area contributed by atoms with Crippen molar-refractivity contribution in [1.82, 2.24) is 9.38 Å². The fraction of sp³-hybridized carbons (Fsp3) is 0.100. The minimum Gasteiger partial charge on any atom is -0.366 e. The molecule has 2 N–H and O–H groups in total. The van der Waals surface area contributed by atoms with Crippen molar-refractivity contribution in [3.8, 4) is 0 Å². The summed E-state index contributed by atoms with van der Waals surface area (Å²) in [4.78, 5) is 25.2. The highest BCUT2D eigenvalue weighted by atomic mass is 16.1. The molecule has 0 fully saturated rings. The van der Waals surface area contributed by atoms with E-state index in [1.165, 1.54) is 6.07 Å². The average Bonchev–Trinajstić information content (AvgIpc) is 2.58. The van der Waals surface area contributed by atoms with Gasteiger partial charge in [0.1, 0.15) is 11.3 Å². The van der Waals surface area contributed by atoms with Crippen LogP contribution in [-0.4, -0.2) is 21.6 Å². The first kappa shape index (κ1) is 10.9. The first-order valence-corrected chi connectivity index (χ1v) is 3.94. The molecule has 2 rings (SSSR count). The summed E-state index contributed by atoms with van der Waals surface area (Å²) < 4.78 is 1.65. The fourth-order valence-electron chi connectivity index (χ4n) is 1.21. The van der Waals surface area contributed by atoms with Crippen LogP contribution in [0, 0.1) is 0 Å². The second-order valence-electron chi connectivity index (χ2n) is 2.83. The van der Waals surface area contributed by atoms with Gasteiger partial charge in [-0.1, -0.05) is 7.43 Å². The molecule has 0 radical (unpaired) electrons. The smallest absolute Gasteiger partial charge is 0.248 e. The number of amides is 1. The number of aldehydes is 1. The van der Waals surface area contributed by atoms with Crippen molar-refractivity contribution in [2.45, 2.75) is 7.43 Å². The third kappa shape index (κ3) is 1.85. The Morgan fingerprint density at radius 2 is 2.27 bits per heavy atom. The van der Waals surface area contributed by atoms with Gasteiger partial charge in [0.25, 0.3) is 0 Å². The monoisotopic (exact) mass is 205 g/mol. The van der Waals surface area contributed by atoms with Gasteiger partial charge in [-0.05, 0) is 12.1 Å². The summed E-state index contributed by atoms with van der Waals surface area (Å²) in [5, 5.41) is 0. The summed E-state index contributed by atoms with van der Waals surface area (Å²) in [5.41, 5.74) is 6.33. The predicted molar refractivity (Wildman–Crippen MR) is 55.8 cm³/mol. The fourth-order valence-corrected chi connectivity index (χ4v) is 1.21. The molecular weight excluding hydrogens is 194 g/mol. The van der Waals surface area contributed by atoms with Crippen LogP contribution in [0.3, 0.4) is 0 Å². The number of primary amides is 1. The zero-order valence-corrected chi connectivity index (χ0v) is 7.18. The third-order valence-corrected chi connectivity index (χ3v) is 1.88. The number of fused-ring (bicyclic) bond motifs is 1. The number of nitrogens with zero attached hydrogens (tertiary/aromatic N) is 2. The summed E-state index contributed by atoms with van der Waals surface area (Å²) >= 11 is 0. The normalized spacial score (nSPS) is 9.60. The van der Waals surface area contributed by atoms with Crippen molar-refractivity contribution < 1.29 is 9.59 Å². The van der Waals surface area contributed by atoms with Crippen LogP contribution in [0.15, 0.2) is 24.5 Å². The number of hydrogen-bond donors (Lipinski definition) is 1. The lowest BCUT2D eigenvalue weighted by Crippen LogP contribution is -2.10. The lowest BCUT2D eigenvalue weighted by Gasteiger charge is -1.95. The summed E-state index contributed by atoms with van der Waals surface area (Å²) in [6, 6.07) is 3.11. The molecule has 2 aromatic heterocycles. The molecule has 0 spiro atoms. The van der Waals surface area contributed by atoms with E-state index in [1.807, 2.05) is 0 Å². The first-order valence-electron chi connectivity index (χ1n) is 3.94. The van der Waals surface area contributed by atoms with Gasteiger partial charge in [0.05, 0.1) is 0 Å². The van der Waals surface area contributed by atoms with Gasteiger partial charge in [0, 0.05) is 18.0 Å². The topological polar surface area (TPSA) is 77.5 Å². The minimum atomic E-state index is -0.511. The van der Waals surface area contributed by atoms with E-state index >= 15 is 0 Å². The van der Waals surface area contributed by atoms with Gasteiger partial charge in [-0.3, -0.25) is 9.59 Å². The molecule has 0 saturated carbocycles. The summed E-state index contributed by atoms with van der Waals surface area (Å²) in [5.74, 6) is -0.511. The van der Waals surface area contributed by atoms with Crippen LogP contribution in [0.1, 0.15) is 28.3 Å². The number of pyridine rings is 1. The van der Waals surface area contributed by atoms with Gasteiger partial charge in [-0.25, -0.2) is 4.98 Å². The Bertz CT molecular complexity index is 516. The molecular formula is C10H11N3O2. The molecule has 1 amide bonds. The standard InChI is InChI=1S/C9H7N3O2.CH4/c10-9(14)6-1-2-12-4-7(5-13)11-8(12)3-6;/h1-5H,(H2,10,14);1H4. The zero-order chi connectivity index (χ0) is 10.1. The number of aromatic nitrogens is 2. The summed E-state index contributed by atoms with van der Waals surface area (Å²) in [6.07, 6.45) is 3.86. The Morgan fingerprint density at radius 1 is 1.53 bits per heavy atom. The molecule has 0 aliphatic heterocycles. The van der Waals surface area contributed by atoms with Crippen LogP contribution in [0.25, 0.3) is 5.65 Å². The Kier molecular flexibility index (Phi) is 2.85. The lowest BCUT2D eigenvalue weighted by atomic mass is 10.2. The van der Waals surface area contributed by atoms with Gasteiger partial charge >= 0.3 is 0 Å². The van der Waals surface area contributed by atoms with Crippen LogP contribution < -0.4 is 5.73 Å². The second-order valence-corrected chi connectivity index (χ2v) is 2.83. The highest BCUT2D eigenvalue weighted by molar-refractivity contribution is 5.93. The van der Waals surface area contributed by atoms with Crippen molar-refractivity contribution in [2.75, 3.05) is 0 Å². The Hall–Kier alpha value is -2.17. The molecule has 78 valence electrons. The first-order chi connectivity index (χ1) is 6.70. The van der Waals surface area contributed by atoms with Crippen molar-refractivity contribution >= 4 is 17.8 Å². The molecule has 5 heteroatoms. The molecule has 5 nitrogen and oxygen atoms in total. The maximum atomic E-state index is 10.8. The SMILES string of the molecule is C.NC(=O)c1ccn2cc(C=O)nc2c1. The number of nitrogens with two attached hydrogens (primary N) is 1. The van der Waals surface area contributed by atoms with E-state index in [1.54, 1.807) is 22.9 Å². The molecule has 15 heavy (non-hydrogen) atoms. The highest BCUT2D eigenvalue weighted by Gasteiger charge is 2.04. The molecule has 2 aromatic rings. The molecule has 0 aromatic carbocycles. The van der Waals surface area contributed by atoms with E-state index in [4.69, 9.17) is 5.73 Å². The van der Waals surface area contributed by atoms with E-state index in [0.29, 0.717) is 23.2 Å². The molecule has 0 unspecified atom stereocenters. The van der Waals surface area contributed by atoms with Crippen LogP contribution in [0.5, 0.6) is 0 Å². The number of carbonyl (C=O) groups excluding carboxylic acids is 2. The zero-order valence-electron chi connectivity index (χ0n) is 7.18. The van der Waals surface area contributed by atoms with Gasteiger partial charge < -0.3 is 10.1 Å². The van der Waals surface area contributed by atoms with Crippen molar-refractivity contribution in [2.24, 2.45) is 5.73 Å². The maximum Gasteiger partial charge on any atom is 0.248 e. The number of carbonyl (C=O) groups is 2. The highest BCUT2D eigenvalue weighted by Crippen LogP contribution is 2.06. The van der Waals surface area contributed by atoms with Crippen LogP contribution in [0.2, 0.25) is 0 Å². The summed E-state index contributed by atoms with van der Waals surface area (Å²) in [6.45, 7) is 0. The molecule has 0 bridgehead atoms. The van der Waals surface area contributed by atoms with Crippen molar-refractivity contribution in [3.63, 3.8) is 0 Å². The van der Waals surface area contributed by atoms with Gasteiger partial charge in [-0.15, -0.1) is 0 Å². The average molecular weight is 205 g/mol.